The third kappa shape index (κ3) is 2.41. The summed E-state index contributed by atoms with van der Waals surface area (Å²) in [7, 11) is 0. The van der Waals surface area contributed by atoms with Crippen LogP contribution in [0.4, 0.5) is 5.82 Å². The predicted octanol–water partition coefficient (Wildman–Crippen LogP) is 0.625. The number of hydrogen-bond acceptors (Lipinski definition) is 4. The van der Waals surface area contributed by atoms with Crippen LogP contribution in [0.2, 0.25) is 0 Å². The van der Waals surface area contributed by atoms with Crippen molar-refractivity contribution >= 4 is 11.7 Å². The Morgan fingerprint density at radius 3 is 2.88 bits per heavy atom. The Bertz CT molecular complexity index is 534. The van der Waals surface area contributed by atoms with Crippen LogP contribution in [0.1, 0.15) is 21.6 Å². The van der Waals surface area contributed by atoms with Gasteiger partial charge < -0.3 is 11.1 Å². The molecule has 1 amide bonds. The second kappa shape index (κ2) is 4.65. The Morgan fingerprint density at radius 1 is 1.47 bits per heavy atom. The number of nitrogens with one attached hydrogen (secondary N) is 2. The summed E-state index contributed by atoms with van der Waals surface area (Å²) in [5.74, 6) is -0.160. The van der Waals surface area contributed by atoms with Crippen LogP contribution in [0, 0.1) is 6.92 Å². The number of aromatic amines is 1. The molecule has 0 unspecified atom stereocenters. The highest BCUT2D eigenvalue weighted by atomic mass is 16.2. The van der Waals surface area contributed by atoms with E-state index in [9.17, 15) is 4.79 Å². The van der Waals surface area contributed by atoms with Gasteiger partial charge in [0.15, 0.2) is 11.5 Å². The molecule has 2 aromatic rings. The first kappa shape index (κ1) is 11.1. The average molecular weight is 231 g/mol. The third-order valence-corrected chi connectivity index (χ3v) is 2.49. The van der Waals surface area contributed by atoms with Crippen LogP contribution in [0.25, 0.3) is 0 Å². The van der Waals surface area contributed by atoms with Crippen molar-refractivity contribution in [1.29, 1.82) is 0 Å². The molecule has 0 aliphatic heterocycles. The Labute approximate surface area is 98.2 Å². The van der Waals surface area contributed by atoms with Crippen LogP contribution in [0.3, 0.4) is 0 Å². The van der Waals surface area contributed by atoms with Gasteiger partial charge in [0, 0.05) is 6.54 Å². The summed E-state index contributed by atoms with van der Waals surface area (Å²) < 4.78 is 0. The standard InChI is InChI=1S/C11H13N5O/c1-7-4-2-3-5-8(7)6-13-11(17)9-10(12)15-16-14-9/h2-5H,6H2,1H3,(H,13,17)(H3,12,14,15,16). The molecule has 0 spiro atoms. The molecule has 17 heavy (non-hydrogen) atoms. The molecule has 4 N–H and O–H groups in total. The summed E-state index contributed by atoms with van der Waals surface area (Å²) in [6.07, 6.45) is 0. The summed E-state index contributed by atoms with van der Waals surface area (Å²) in [5, 5.41) is 12.2. The topological polar surface area (TPSA) is 96.7 Å². The van der Waals surface area contributed by atoms with Crippen molar-refractivity contribution in [2.75, 3.05) is 5.73 Å². The molecule has 6 heteroatoms. The van der Waals surface area contributed by atoms with E-state index in [0.29, 0.717) is 6.54 Å². The van der Waals surface area contributed by atoms with Gasteiger partial charge in [-0.3, -0.25) is 4.79 Å². The monoisotopic (exact) mass is 231 g/mol. The number of anilines is 1. The van der Waals surface area contributed by atoms with Crippen molar-refractivity contribution in [2.45, 2.75) is 13.5 Å². The normalized spacial score (nSPS) is 10.2. The van der Waals surface area contributed by atoms with Crippen molar-refractivity contribution in [3.05, 3.63) is 41.1 Å². The van der Waals surface area contributed by atoms with Crippen molar-refractivity contribution in [3.63, 3.8) is 0 Å². The van der Waals surface area contributed by atoms with Gasteiger partial charge in [-0.15, -0.1) is 5.10 Å². The fraction of sp³-hybridized carbons (Fsp3) is 0.182. The number of H-pyrrole nitrogens is 1. The van der Waals surface area contributed by atoms with Crippen LogP contribution >= 0.6 is 0 Å². The first-order chi connectivity index (χ1) is 8.18. The van der Waals surface area contributed by atoms with Crippen LogP contribution in [0.5, 0.6) is 0 Å². The zero-order chi connectivity index (χ0) is 12.3. The molecular formula is C11H13N5O. The minimum atomic E-state index is -0.334. The lowest BCUT2D eigenvalue weighted by atomic mass is 10.1. The van der Waals surface area contributed by atoms with Gasteiger partial charge in [0.2, 0.25) is 0 Å². The minimum Gasteiger partial charge on any atom is -0.382 e. The number of hydrogen-bond donors (Lipinski definition) is 3. The molecule has 0 atom stereocenters. The average Bonchev–Trinajstić information content (AvgIpc) is 2.74. The second-order valence-electron chi connectivity index (χ2n) is 3.68. The number of aryl methyl sites for hydroxylation is 1. The minimum absolute atomic E-state index is 0.124. The molecule has 1 heterocycles. The van der Waals surface area contributed by atoms with Gasteiger partial charge in [-0.1, -0.05) is 29.5 Å². The van der Waals surface area contributed by atoms with Gasteiger partial charge in [0.25, 0.3) is 5.91 Å². The second-order valence-corrected chi connectivity index (χ2v) is 3.68. The zero-order valence-corrected chi connectivity index (χ0v) is 9.40. The van der Waals surface area contributed by atoms with Gasteiger partial charge in [-0.2, -0.15) is 0 Å². The molecule has 2 rings (SSSR count). The van der Waals surface area contributed by atoms with E-state index < -0.39 is 0 Å². The summed E-state index contributed by atoms with van der Waals surface area (Å²) in [6.45, 7) is 2.43. The molecule has 0 aliphatic carbocycles. The van der Waals surface area contributed by atoms with Crippen molar-refractivity contribution in [1.82, 2.24) is 20.7 Å². The molecule has 0 fully saturated rings. The fourth-order valence-electron chi connectivity index (χ4n) is 1.47. The number of amides is 1. The molecule has 1 aromatic carbocycles. The van der Waals surface area contributed by atoms with Crippen LogP contribution < -0.4 is 11.1 Å². The Balaban J connectivity index is 2.02. The number of aromatic nitrogens is 3. The molecule has 88 valence electrons. The number of rotatable bonds is 3. The maximum absolute atomic E-state index is 11.7. The van der Waals surface area contributed by atoms with Crippen LogP contribution in [-0.2, 0) is 6.54 Å². The van der Waals surface area contributed by atoms with Crippen molar-refractivity contribution in [2.24, 2.45) is 0 Å². The smallest absolute Gasteiger partial charge is 0.275 e. The van der Waals surface area contributed by atoms with E-state index in [1.165, 1.54) is 0 Å². The molecular weight excluding hydrogens is 218 g/mol. The Kier molecular flexibility index (Phi) is 3.04. The number of benzene rings is 1. The lowest BCUT2D eigenvalue weighted by Gasteiger charge is -2.06. The molecule has 6 nitrogen and oxygen atoms in total. The Hall–Kier alpha value is -2.37. The van der Waals surface area contributed by atoms with E-state index in [1.54, 1.807) is 0 Å². The lowest BCUT2D eigenvalue weighted by Crippen LogP contribution is -2.24. The summed E-state index contributed by atoms with van der Waals surface area (Å²) in [6, 6.07) is 7.84. The lowest BCUT2D eigenvalue weighted by molar-refractivity contribution is 0.0946. The molecule has 0 radical (unpaired) electrons. The van der Waals surface area contributed by atoms with Gasteiger partial charge in [0.05, 0.1) is 0 Å². The number of carbonyl (C=O) groups excluding carboxylic acids is 1. The molecule has 0 bridgehead atoms. The molecule has 1 aromatic heterocycles. The van der Waals surface area contributed by atoms with Crippen molar-refractivity contribution in [3.8, 4) is 0 Å². The van der Waals surface area contributed by atoms with E-state index in [2.05, 4.69) is 20.7 Å². The largest absolute Gasteiger partial charge is 0.382 e. The van der Waals surface area contributed by atoms with Gasteiger partial charge >= 0.3 is 0 Å². The first-order valence-electron chi connectivity index (χ1n) is 5.17. The Morgan fingerprint density at radius 2 is 2.24 bits per heavy atom. The zero-order valence-electron chi connectivity index (χ0n) is 9.40. The SMILES string of the molecule is Cc1ccccc1CNC(=O)c1nn[nH]c1N. The van der Waals surface area contributed by atoms with E-state index in [1.807, 2.05) is 31.2 Å². The van der Waals surface area contributed by atoms with Gasteiger partial charge in [-0.05, 0) is 18.1 Å². The van der Waals surface area contributed by atoms with E-state index in [-0.39, 0.29) is 17.4 Å². The maximum Gasteiger partial charge on any atom is 0.275 e. The molecule has 0 saturated carbocycles. The van der Waals surface area contributed by atoms with E-state index in [0.717, 1.165) is 11.1 Å². The highest BCUT2D eigenvalue weighted by Crippen LogP contribution is 2.07. The highest BCUT2D eigenvalue weighted by molar-refractivity contribution is 5.96. The van der Waals surface area contributed by atoms with Gasteiger partial charge in [-0.25, -0.2) is 5.10 Å². The van der Waals surface area contributed by atoms with Crippen LogP contribution in [0.15, 0.2) is 24.3 Å². The third-order valence-electron chi connectivity index (χ3n) is 2.49. The maximum atomic E-state index is 11.7. The fourth-order valence-corrected chi connectivity index (χ4v) is 1.47. The number of nitrogens with zero attached hydrogens (tertiary/aromatic N) is 2. The summed E-state index contributed by atoms with van der Waals surface area (Å²) in [5.41, 5.74) is 7.81. The van der Waals surface area contributed by atoms with E-state index >= 15 is 0 Å². The summed E-state index contributed by atoms with van der Waals surface area (Å²) in [4.78, 5) is 11.7. The predicted molar refractivity (Wildman–Crippen MR) is 63.1 cm³/mol. The van der Waals surface area contributed by atoms with Crippen molar-refractivity contribution < 1.29 is 4.79 Å². The molecule has 0 saturated heterocycles. The number of nitrogens with two attached hydrogens (primary N) is 1. The first-order valence-corrected chi connectivity index (χ1v) is 5.17. The number of nitrogen functional groups attached to an aromatic ring is 1. The quantitative estimate of drug-likeness (QED) is 0.721. The highest BCUT2D eigenvalue weighted by Gasteiger charge is 2.13. The van der Waals surface area contributed by atoms with Crippen LogP contribution in [-0.4, -0.2) is 21.3 Å². The molecule has 0 aliphatic rings. The summed E-state index contributed by atoms with van der Waals surface area (Å²) >= 11 is 0. The van der Waals surface area contributed by atoms with E-state index in [4.69, 9.17) is 5.73 Å². The van der Waals surface area contributed by atoms with Gasteiger partial charge in [0.1, 0.15) is 0 Å². The number of carbonyl (C=O) groups is 1.